The van der Waals surface area contributed by atoms with Gasteiger partial charge in [0.2, 0.25) is 0 Å². The lowest BCUT2D eigenvalue weighted by atomic mass is 10.0. The minimum absolute atomic E-state index is 0.185. The first-order valence-electron chi connectivity index (χ1n) is 8.22. The van der Waals surface area contributed by atoms with Gasteiger partial charge in [-0.3, -0.25) is 4.79 Å². The van der Waals surface area contributed by atoms with E-state index in [4.69, 9.17) is 0 Å². The minimum atomic E-state index is -4.59. The Morgan fingerprint density at radius 1 is 1.35 bits per heavy atom. The van der Waals surface area contributed by atoms with Crippen LogP contribution >= 0.6 is 0 Å². The Morgan fingerprint density at radius 3 is 2.54 bits per heavy atom. The Morgan fingerprint density at radius 2 is 1.96 bits per heavy atom. The molecule has 1 aliphatic rings. The van der Waals surface area contributed by atoms with Crippen LogP contribution in [0.25, 0.3) is 0 Å². The summed E-state index contributed by atoms with van der Waals surface area (Å²) in [6, 6.07) is 6.65. The second kappa shape index (κ2) is 8.23. The summed E-state index contributed by atoms with van der Waals surface area (Å²) in [4.78, 5) is 16.3. The standard InChI is InChI=1S/C18H21F3N4O/c1-24-9-7-14(8-10-24)25(2)12-13(11-22)17(26)23-16-6-4-3-5-15(16)18(19,20)21/h3-6,12,14H,7-10H2,1-2H3,(H,23,26)/b13-12-. The van der Waals surface area contributed by atoms with Crippen LogP contribution < -0.4 is 5.32 Å². The zero-order valence-corrected chi connectivity index (χ0v) is 14.7. The fourth-order valence-corrected chi connectivity index (χ4v) is 2.88. The first kappa shape index (κ1) is 19.8. The van der Waals surface area contributed by atoms with E-state index in [0.717, 1.165) is 38.1 Å². The summed E-state index contributed by atoms with van der Waals surface area (Å²) in [5, 5.41) is 11.5. The average Bonchev–Trinajstić information content (AvgIpc) is 2.59. The van der Waals surface area contributed by atoms with Crippen LogP contribution in [0.4, 0.5) is 18.9 Å². The third-order valence-corrected chi connectivity index (χ3v) is 4.44. The number of hydrogen-bond donors (Lipinski definition) is 1. The molecule has 1 aromatic carbocycles. The van der Waals surface area contributed by atoms with E-state index in [0.29, 0.717) is 0 Å². The van der Waals surface area contributed by atoms with Gasteiger partial charge in [-0.1, -0.05) is 12.1 Å². The fraction of sp³-hybridized carbons (Fsp3) is 0.444. The van der Waals surface area contributed by atoms with Crippen LogP contribution in [0.2, 0.25) is 0 Å². The van der Waals surface area contributed by atoms with Gasteiger partial charge in [0, 0.05) is 19.3 Å². The van der Waals surface area contributed by atoms with E-state index in [9.17, 15) is 23.2 Å². The van der Waals surface area contributed by atoms with Gasteiger partial charge in [-0.2, -0.15) is 18.4 Å². The third-order valence-electron chi connectivity index (χ3n) is 4.44. The summed E-state index contributed by atoms with van der Waals surface area (Å²) >= 11 is 0. The van der Waals surface area contributed by atoms with Crippen molar-refractivity contribution in [2.24, 2.45) is 0 Å². The zero-order valence-electron chi connectivity index (χ0n) is 14.7. The van der Waals surface area contributed by atoms with Crippen molar-refractivity contribution in [3.63, 3.8) is 0 Å². The Labute approximate surface area is 150 Å². The molecular formula is C18H21F3N4O. The quantitative estimate of drug-likeness (QED) is 0.657. The van der Waals surface area contributed by atoms with Gasteiger partial charge in [-0.15, -0.1) is 0 Å². The lowest BCUT2D eigenvalue weighted by molar-refractivity contribution is -0.137. The number of para-hydroxylation sites is 1. The summed E-state index contributed by atoms with van der Waals surface area (Å²) in [7, 11) is 3.79. The van der Waals surface area contributed by atoms with E-state index >= 15 is 0 Å². The number of carbonyl (C=O) groups is 1. The highest BCUT2D eigenvalue weighted by Gasteiger charge is 2.33. The summed E-state index contributed by atoms with van der Waals surface area (Å²) in [6.07, 6.45) is -1.41. The predicted molar refractivity (Wildman–Crippen MR) is 92.1 cm³/mol. The van der Waals surface area contributed by atoms with Gasteiger partial charge in [0.25, 0.3) is 5.91 Å². The Kier molecular flexibility index (Phi) is 6.27. The molecule has 2 rings (SSSR count). The van der Waals surface area contributed by atoms with Crippen molar-refractivity contribution < 1.29 is 18.0 Å². The molecule has 0 spiro atoms. The maximum atomic E-state index is 13.0. The first-order valence-corrected chi connectivity index (χ1v) is 8.22. The number of rotatable bonds is 4. The van der Waals surface area contributed by atoms with Gasteiger partial charge in [-0.05, 0) is 45.1 Å². The highest BCUT2D eigenvalue weighted by atomic mass is 19.4. The molecule has 1 aliphatic heterocycles. The van der Waals surface area contributed by atoms with E-state index in [-0.39, 0.29) is 17.3 Å². The molecule has 1 fully saturated rings. The van der Waals surface area contributed by atoms with Crippen molar-refractivity contribution in [3.8, 4) is 6.07 Å². The normalized spacial score (nSPS) is 16.8. The van der Waals surface area contributed by atoms with Gasteiger partial charge in [0.15, 0.2) is 0 Å². The monoisotopic (exact) mass is 366 g/mol. The number of hydrogen-bond acceptors (Lipinski definition) is 4. The van der Waals surface area contributed by atoms with Crippen molar-refractivity contribution in [1.82, 2.24) is 9.80 Å². The van der Waals surface area contributed by atoms with Crippen molar-refractivity contribution in [2.45, 2.75) is 25.1 Å². The van der Waals surface area contributed by atoms with Crippen LogP contribution in [0.15, 0.2) is 36.0 Å². The van der Waals surface area contributed by atoms with Crippen LogP contribution in [0, 0.1) is 11.3 Å². The molecule has 5 nitrogen and oxygen atoms in total. The summed E-state index contributed by atoms with van der Waals surface area (Å²) in [5.41, 5.74) is -1.55. The number of carbonyl (C=O) groups excluding carboxylic acids is 1. The molecule has 1 saturated heterocycles. The molecular weight excluding hydrogens is 345 g/mol. The molecule has 0 bridgehead atoms. The number of piperidine rings is 1. The molecule has 1 amide bonds. The summed E-state index contributed by atoms with van der Waals surface area (Å²) in [6.45, 7) is 1.83. The van der Waals surface area contributed by atoms with E-state index in [2.05, 4.69) is 10.2 Å². The SMILES string of the molecule is CN1CCC(N(C)/C=C(/C#N)C(=O)Nc2ccccc2C(F)(F)F)CC1. The lowest BCUT2D eigenvalue weighted by Gasteiger charge is -2.34. The van der Waals surface area contributed by atoms with Crippen LogP contribution in [0.5, 0.6) is 0 Å². The molecule has 26 heavy (non-hydrogen) atoms. The van der Waals surface area contributed by atoms with Gasteiger partial charge in [0.05, 0.1) is 11.3 Å². The molecule has 0 radical (unpaired) electrons. The first-order chi connectivity index (χ1) is 12.2. The Bertz CT molecular complexity index is 716. The number of anilines is 1. The lowest BCUT2D eigenvalue weighted by Crippen LogP contribution is -2.40. The van der Waals surface area contributed by atoms with Crippen molar-refractivity contribution >= 4 is 11.6 Å². The molecule has 0 saturated carbocycles. The summed E-state index contributed by atoms with van der Waals surface area (Å²) < 4.78 is 39.1. The molecule has 0 aromatic heterocycles. The number of nitrogens with zero attached hydrogens (tertiary/aromatic N) is 3. The number of halogens is 3. The number of likely N-dealkylation sites (tertiary alicyclic amines) is 1. The maximum Gasteiger partial charge on any atom is 0.418 e. The van der Waals surface area contributed by atoms with Crippen LogP contribution in [-0.4, -0.2) is 48.9 Å². The van der Waals surface area contributed by atoms with Gasteiger partial charge in [0.1, 0.15) is 11.6 Å². The maximum absolute atomic E-state index is 13.0. The highest BCUT2D eigenvalue weighted by molar-refractivity contribution is 6.06. The molecule has 8 heteroatoms. The fourth-order valence-electron chi connectivity index (χ4n) is 2.88. The van der Waals surface area contributed by atoms with Crippen LogP contribution in [0.1, 0.15) is 18.4 Å². The molecule has 0 unspecified atom stereocenters. The van der Waals surface area contributed by atoms with Gasteiger partial charge < -0.3 is 15.1 Å². The second-order valence-corrected chi connectivity index (χ2v) is 6.35. The molecule has 0 aliphatic carbocycles. The van der Waals surface area contributed by atoms with E-state index in [1.165, 1.54) is 18.3 Å². The molecule has 1 N–H and O–H groups in total. The number of alkyl halides is 3. The highest BCUT2D eigenvalue weighted by Crippen LogP contribution is 2.34. The smallest absolute Gasteiger partial charge is 0.376 e. The van der Waals surface area contributed by atoms with Gasteiger partial charge >= 0.3 is 6.18 Å². The molecule has 1 heterocycles. The molecule has 0 atom stereocenters. The Hall–Kier alpha value is -2.53. The molecule has 140 valence electrons. The third kappa shape index (κ3) is 4.99. The summed E-state index contributed by atoms with van der Waals surface area (Å²) in [5.74, 6) is -0.857. The average molecular weight is 366 g/mol. The topological polar surface area (TPSA) is 59.4 Å². The molecule has 1 aromatic rings. The van der Waals surface area contributed by atoms with E-state index in [1.54, 1.807) is 18.0 Å². The number of nitriles is 1. The number of nitrogens with one attached hydrogen (secondary N) is 1. The van der Waals surface area contributed by atoms with Crippen LogP contribution in [0.3, 0.4) is 0 Å². The zero-order chi connectivity index (χ0) is 19.3. The predicted octanol–water partition coefficient (Wildman–Crippen LogP) is 3.08. The Balaban J connectivity index is 2.13. The second-order valence-electron chi connectivity index (χ2n) is 6.35. The van der Waals surface area contributed by atoms with Gasteiger partial charge in [-0.25, -0.2) is 0 Å². The van der Waals surface area contributed by atoms with Crippen molar-refractivity contribution in [2.75, 3.05) is 32.5 Å². The van der Waals surface area contributed by atoms with E-state index in [1.807, 2.05) is 7.05 Å². The van der Waals surface area contributed by atoms with E-state index < -0.39 is 17.6 Å². The van der Waals surface area contributed by atoms with Crippen molar-refractivity contribution in [3.05, 3.63) is 41.6 Å². The number of amides is 1. The van der Waals surface area contributed by atoms with Crippen LogP contribution in [-0.2, 0) is 11.0 Å². The van der Waals surface area contributed by atoms with Crippen molar-refractivity contribution in [1.29, 1.82) is 5.26 Å². The largest absolute Gasteiger partial charge is 0.418 e. The number of benzene rings is 1. The minimum Gasteiger partial charge on any atom is -0.376 e.